The normalized spacial score (nSPS) is 13.8. The summed E-state index contributed by atoms with van der Waals surface area (Å²) in [5.41, 5.74) is 0. The number of hydrogen-bond acceptors (Lipinski definition) is 5. The third kappa shape index (κ3) is 3.18. The van der Waals surface area contributed by atoms with E-state index >= 15 is 0 Å². The Labute approximate surface area is 70.3 Å². The topological polar surface area (TPSA) is 74.0 Å². The summed E-state index contributed by atoms with van der Waals surface area (Å²) in [5, 5.41) is 13.9. The molecule has 0 N–H and O–H groups in total. The molecule has 0 aromatic carbocycles. The van der Waals surface area contributed by atoms with Crippen LogP contribution in [0, 0.1) is 5.21 Å². The van der Waals surface area contributed by atoms with Crippen LogP contribution in [0.3, 0.4) is 0 Å². The predicted octanol–water partition coefficient (Wildman–Crippen LogP) is 0.462. The number of rotatable bonds is 4. The van der Waals surface area contributed by atoms with Crippen LogP contribution in [0.1, 0.15) is 13.8 Å². The van der Waals surface area contributed by atoms with E-state index in [0.29, 0.717) is 0 Å². The van der Waals surface area contributed by atoms with E-state index in [2.05, 4.69) is 14.9 Å². The maximum atomic E-state index is 10.8. The third-order valence-corrected chi connectivity index (χ3v) is 1.14. The molecule has 0 spiro atoms. The first kappa shape index (κ1) is 10.7. The van der Waals surface area contributed by atoms with Gasteiger partial charge in [0.2, 0.25) is 5.28 Å². The van der Waals surface area contributed by atoms with Gasteiger partial charge in [0.15, 0.2) is 0 Å². The fourth-order valence-electron chi connectivity index (χ4n) is 0.446. The minimum absolute atomic E-state index is 0.162. The van der Waals surface area contributed by atoms with Crippen molar-refractivity contribution >= 4 is 5.97 Å². The van der Waals surface area contributed by atoms with Gasteiger partial charge >= 0.3 is 5.97 Å². The van der Waals surface area contributed by atoms with Crippen LogP contribution in [-0.2, 0) is 14.4 Å². The molecule has 6 nitrogen and oxygen atoms in total. The molecule has 12 heavy (non-hydrogen) atoms. The number of hydrogen-bond donors (Lipinski definition) is 0. The molecule has 0 rings (SSSR count). The Hall–Kier alpha value is -1.33. The molecule has 0 aliphatic rings. The third-order valence-electron chi connectivity index (χ3n) is 1.14. The summed E-state index contributed by atoms with van der Waals surface area (Å²) in [5.74, 6) is -0.645. The van der Waals surface area contributed by atoms with Crippen LogP contribution in [0.25, 0.3) is 0 Å². The molecular weight excluding hydrogens is 164 g/mol. The van der Waals surface area contributed by atoms with Crippen LogP contribution in [0.4, 0.5) is 0 Å². The zero-order chi connectivity index (χ0) is 9.56. The molecule has 0 aromatic rings. The zero-order valence-electron chi connectivity index (χ0n) is 7.31. The number of carbonyl (C=O) groups excluding carboxylic acids is 1. The van der Waals surface area contributed by atoms with Crippen molar-refractivity contribution in [2.45, 2.75) is 19.9 Å². The van der Waals surface area contributed by atoms with Crippen molar-refractivity contribution in [3.8, 4) is 0 Å². The highest BCUT2D eigenvalue weighted by molar-refractivity contribution is 5.73. The first-order chi connectivity index (χ1) is 5.63. The summed E-state index contributed by atoms with van der Waals surface area (Å²) in [6, 6.07) is -0.971. The molecule has 1 unspecified atom stereocenters. The van der Waals surface area contributed by atoms with Gasteiger partial charge in [-0.05, 0) is 11.8 Å². The van der Waals surface area contributed by atoms with E-state index in [1.54, 1.807) is 6.92 Å². The van der Waals surface area contributed by atoms with E-state index in [9.17, 15) is 10.0 Å². The average Bonchev–Trinajstić information content (AvgIpc) is 2.11. The largest absolute Gasteiger partial charge is 0.597 e. The Bertz CT molecular complexity index is 180. The summed E-state index contributed by atoms with van der Waals surface area (Å²) in [4.78, 5) is 15.3. The van der Waals surface area contributed by atoms with Gasteiger partial charge in [-0.15, -0.1) is 0 Å². The van der Waals surface area contributed by atoms with E-state index in [0.717, 1.165) is 0 Å². The fourth-order valence-corrected chi connectivity index (χ4v) is 0.446. The minimum atomic E-state index is -0.971. The van der Waals surface area contributed by atoms with Gasteiger partial charge in [0, 0.05) is 6.92 Å². The van der Waals surface area contributed by atoms with Crippen LogP contribution in [0.15, 0.2) is 5.28 Å². The van der Waals surface area contributed by atoms with Crippen molar-refractivity contribution < 1.29 is 19.2 Å². The first-order valence-electron chi connectivity index (χ1n) is 3.50. The molecule has 0 radical (unpaired) electrons. The second-order valence-electron chi connectivity index (χ2n) is 2.00. The fraction of sp³-hybridized carbons (Fsp3) is 0.833. The quantitative estimate of drug-likeness (QED) is 0.270. The van der Waals surface area contributed by atoms with E-state index in [4.69, 9.17) is 0 Å². The number of methoxy groups -OCH3 is 1. The molecule has 0 aliphatic carbocycles. The van der Waals surface area contributed by atoms with E-state index in [1.807, 2.05) is 0 Å². The van der Waals surface area contributed by atoms with Gasteiger partial charge in [0.05, 0.1) is 7.11 Å². The lowest BCUT2D eigenvalue weighted by Gasteiger charge is -2.05. The van der Waals surface area contributed by atoms with Crippen molar-refractivity contribution in [1.82, 2.24) is 0 Å². The maximum Gasteiger partial charge on any atom is 0.378 e. The van der Waals surface area contributed by atoms with Crippen LogP contribution in [-0.4, -0.2) is 30.6 Å². The Balaban J connectivity index is 4.08. The molecular formula is C6H12N2O4. The van der Waals surface area contributed by atoms with E-state index < -0.39 is 12.0 Å². The lowest BCUT2D eigenvalue weighted by Crippen LogP contribution is -2.27. The van der Waals surface area contributed by atoms with Crippen molar-refractivity contribution in [1.29, 1.82) is 0 Å². The molecule has 0 fully saturated rings. The molecule has 1 atom stereocenters. The molecule has 0 amide bonds. The Morgan fingerprint density at radius 1 is 1.75 bits per heavy atom. The molecule has 0 aromatic heterocycles. The highest BCUT2D eigenvalue weighted by Gasteiger charge is 2.22. The average molecular weight is 176 g/mol. The number of esters is 1. The highest BCUT2D eigenvalue weighted by atomic mass is 16.7. The molecule has 0 saturated heterocycles. The van der Waals surface area contributed by atoms with Gasteiger partial charge in [0.1, 0.15) is 6.61 Å². The lowest BCUT2D eigenvalue weighted by atomic mass is 10.4. The summed E-state index contributed by atoms with van der Waals surface area (Å²) in [6.45, 7) is 3.34. The second-order valence-corrected chi connectivity index (χ2v) is 2.00. The molecule has 0 saturated carbocycles. The minimum Gasteiger partial charge on any atom is -0.597 e. The summed E-state index contributed by atoms with van der Waals surface area (Å²) in [7, 11) is 1.20. The number of hydroxylamine groups is 1. The molecule has 6 heteroatoms. The van der Waals surface area contributed by atoms with Crippen LogP contribution in [0.5, 0.6) is 0 Å². The predicted molar refractivity (Wildman–Crippen MR) is 39.2 cm³/mol. The monoisotopic (exact) mass is 176 g/mol. The van der Waals surface area contributed by atoms with E-state index in [1.165, 1.54) is 14.0 Å². The van der Waals surface area contributed by atoms with Gasteiger partial charge < -0.3 is 14.8 Å². The summed E-state index contributed by atoms with van der Waals surface area (Å²) < 4.78 is 4.32. The van der Waals surface area contributed by atoms with Gasteiger partial charge in [-0.25, -0.2) is 4.79 Å². The van der Waals surface area contributed by atoms with E-state index in [-0.39, 0.29) is 11.5 Å². The Kier molecular flexibility index (Phi) is 4.75. The Morgan fingerprint density at radius 3 is 2.75 bits per heavy atom. The molecule has 0 heterocycles. The summed E-state index contributed by atoms with van der Waals surface area (Å²) in [6.07, 6.45) is 0. The van der Waals surface area contributed by atoms with Gasteiger partial charge in [-0.3, -0.25) is 0 Å². The van der Waals surface area contributed by atoms with Crippen molar-refractivity contribution in [3.05, 3.63) is 5.21 Å². The van der Waals surface area contributed by atoms with Gasteiger partial charge in [-0.2, -0.15) is 0 Å². The highest BCUT2D eigenvalue weighted by Crippen LogP contribution is 1.93. The second kappa shape index (κ2) is 5.34. The van der Waals surface area contributed by atoms with Crippen LogP contribution >= 0.6 is 0 Å². The number of nitrogens with zero attached hydrogens (tertiary/aromatic N) is 2. The lowest BCUT2D eigenvalue weighted by molar-refractivity contribution is -0.579. The number of ether oxygens (including phenoxy) is 1. The maximum absolute atomic E-state index is 10.8. The van der Waals surface area contributed by atoms with Crippen LogP contribution in [0.2, 0.25) is 0 Å². The molecule has 0 bridgehead atoms. The van der Waals surface area contributed by atoms with Crippen molar-refractivity contribution in [3.63, 3.8) is 0 Å². The zero-order valence-corrected chi connectivity index (χ0v) is 7.31. The van der Waals surface area contributed by atoms with Gasteiger partial charge in [-0.1, -0.05) is 0 Å². The van der Waals surface area contributed by atoms with Gasteiger partial charge in [0.25, 0.3) is 6.04 Å². The molecule has 70 valence electrons. The number of carbonyl (C=O) groups is 1. The van der Waals surface area contributed by atoms with Crippen molar-refractivity contribution in [2.75, 3.05) is 13.7 Å². The van der Waals surface area contributed by atoms with Crippen molar-refractivity contribution in [2.24, 2.45) is 5.28 Å². The SMILES string of the molecule is CCO/N=[N+](\[O-])C(C)C(=O)OC. The molecule has 0 aliphatic heterocycles. The standard InChI is InChI=1S/C6H12N2O4/c1-4-12-7-8(10)5(2)6(9)11-3/h5H,4H2,1-3H3/b8-7-. The smallest absolute Gasteiger partial charge is 0.378 e. The van der Waals surface area contributed by atoms with Crippen LogP contribution < -0.4 is 0 Å². The Morgan fingerprint density at radius 2 is 2.33 bits per heavy atom. The summed E-state index contributed by atoms with van der Waals surface area (Å²) >= 11 is 0. The first-order valence-corrected chi connectivity index (χ1v) is 3.50.